The first-order valence-electron chi connectivity index (χ1n) is 8.78. The topological polar surface area (TPSA) is 67.2 Å². The Morgan fingerprint density at radius 3 is 3.00 bits per heavy atom. The molecule has 0 aromatic carbocycles. The van der Waals surface area contributed by atoms with Crippen molar-refractivity contribution in [2.24, 2.45) is 0 Å². The van der Waals surface area contributed by atoms with Crippen LogP contribution in [0.2, 0.25) is 0 Å². The van der Waals surface area contributed by atoms with Crippen LogP contribution in [0.3, 0.4) is 0 Å². The van der Waals surface area contributed by atoms with Gasteiger partial charge < -0.3 is 5.32 Å². The smallest absolute Gasteiger partial charge is 0.267 e. The summed E-state index contributed by atoms with van der Waals surface area (Å²) in [6.07, 6.45) is 6.39. The number of likely N-dealkylation sites (N-methyl/N-ethyl adjacent to an activating group) is 1. The minimum Gasteiger partial charge on any atom is -0.353 e. The molecule has 1 saturated heterocycles. The first kappa shape index (κ1) is 16.2. The van der Waals surface area contributed by atoms with Crippen LogP contribution in [0.1, 0.15) is 43.9 Å². The molecule has 3 rings (SSSR count). The number of rotatable bonds is 5. The highest BCUT2D eigenvalue weighted by atomic mass is 16.2. The predicted octanol–water partition coefficient (Wildman–Crippen LogP) is 0.723. The zero-order valence-corrected chi connectivity index (χ0v) is 13.9. The molecule has 2 aliphatic rings. The Morgan fingerprint density at radius 1 is 1.35 bits per heavy atom. The highest BCUT2D eigenvalue weighted by Crippen LogP contribution is 2.17. The molecule has 0 bridgehead atoms. The van der Waals surface area contributed by atoms with Gasteiger partial charge in [0.1, 0.15) is 6.54 Å². The molecule has 1 fully saturated rings. The minimum absolute atomic E-state index is 0.0188. The first-order chi connectivity index (χ1) is 11.2. The average Bonchev–Trinajstić information content (AvgIpc) is 3.01. The third-order valence-electron chi connectivity index (χ3n) is 5.01. The summed E-state index contributed by atoms with van der Waals surface area (Å²) in [6.45, 7) is 4.96. The summed E-state index contributed by atoms with van der Waals surface area (Å²) in [5.41, 5.74) is 1.87. The van der Waals surface area contributed by atoms with Gasteiger partial charge in [-0.1, -0.05) is 6.92 Å². The molecule has 6 nitrogen and oxygen atoms in total. The number of hydrogen-bond acceptors (Lipinski definition) is 4. The van der Waals surface area contributed by atoms with Gasteiger partial charge in [-0.15, -0.1) is 0 Å². The number of hydrogen-bond donors (Lipinski definition) is 1. The van der Waals surface area contributed by atoms with Crippen LogP contribution in [0.4, 0.5) is 0 Å². The Balaban J connectivity index is 1.58. The fourth-order valence-corrected chi connectivity index (χ4v) is 3.68. The van der Waals surface area contributed by atoms with Crippen molar-refractivity contribution in [2.45, 2.75) is 58.0 Å². The number of fused-ring (bicyclic) bond motifs is 1. The van der Waals surface area contributed by atoms with Crippen LogP contribution in [-0.2, 0) is 24.2 Å². The van der Waals surface area contributed by atoms with E-state index in [1.54, 1.807) is 6.07 Å². The van der Waals surface area contributed by atoms with E-state index in [1.165, 1.54) is 11.1 Å². The lowest BCUT2D eigenvalue weighted by atomic mass is 9.97. The molecular weight excluding hydrogens is 292 g/mol. The average molecular weight is 318 g/mol. The fraction of sp³-hybridized carbons (Fsp3) is 0.706. The van der Waals surface area contributed by atoms with Crippen LogP contribution in [0.15, 0.2) is 10.9 Å². The molecule has 1 N–H and O–H groups in total. The van der Waals surface area contributed by atoms with Gasteiger partial charge in [0.2, 0.25) is 5.91 Å². The van der Waals surface area contributed by atoms with Crippen LogP contribution in [0.25, 0.3) is 0 Å². The van der Waals surface area contributed by atoms with Crippen molar-refractivity contribution in [3.8, 4) is 0 Å². The third kappa shape index (κ3) is 3.80. The predicted molar refractivity (Wildman–Crippen MR) is 88.4 cm³/mol. The van der Waals surface area contributed by atoms with Crippen LogP contribution in [0.5, 0.6) is 0 Å². The number of amides is 1. The molecule has 2 heterocycles. The van der Waals surface area contributed by atoms with E-state index in [-0.39, 0.29) is 18.0 Å². The monoisotopic (exact) mass is 318 g/mol. The van der Waals surface area contributed by atoms with Gasteiger partial charge in [0, 0.05) is 18.7 Å². The van der Waals surface area contributed by atoms with Crippen LogP contribution >= 0.6 is 0 Å². The van der Waals surface area contributed by atoms with Crippen LogP contribution in [-0.4, -0.2) is 46.3 Å². The molecule has 1 aromatic heterocycles. The molecule has 1 unspecified atom stereocenters. The van der Waals surface area contributed by atoms with E-state index in [0.717, 1.165) is 56.5 Å². The second-order valence-electron chi connectivity index (χ2n) is 6.55. The van der Waals surface area contributed by atoms with Crippen molar-refractivity contribution in [3.05, 3.63) is 27.7 Å². The number of likely N-dealkylation sites (tertiary alicyclic amines) is 1. The fourth-order valence-electron chi connectivity index (χ4n) is 3.68. The summed E-state index contributed by atoms with van der Waals surface area (Å²) in [4.78, 5) is 26.6. The summed E-state index contributed by atoms with van der Waals surface area (Å²) in [5, 5.41) is 7.36. The summed E-state index contributed by atoms with van der Waals surface area (Å²) in [6, 6.07) is 2.09. The molecule has 1 aliphatic heterocycles. The standard InChI is InChI=1S/C17H26N4O2/c1-2-20-9-5-7-14(20)11-18-16(22)12-21-17(23)10-13-6-3-4-8-15(13)19-21/h10,14H,2-9,11-12H2,1H3,(H,18,22). The summed E-state index contributed by atoms with van der Waals surface area (Å²) in [7, 11) is 0. The molecule has 23 heavy (non-hydrogen) atoms. The molecule has 1 aliphatic carbocycles. The van der Waals surface area contributed by atoms with Gasteiger partial charge in [-0.05, 0) is 57.2 Å². The van der Waals surface area contributed by atoms with E-state index in [9.17, 15) is 9.59 Å². The van der Waals surface area contributed by atoms with Crippen molar-refractivity contribution in [1.82, 2.24) is 20.0 Å². The molecule has 1 atom stereocenters. The molecule has 0 saturated carbocycles. The van der Waals surface area contributed by atoms with Crippen molar-refractivity contribution >= 4 is 5.91 Å². The van der Waals surface area contributed by atoms with E-state index in [0.29, 0.717) is 12.6 Å². The van der Waals surface area contributed by atoms with Crippen molar-refractivity contribution < 1.29 is 4.79 Å². The highest BCUT2D eigenvalue weighted by Gasteiger charge is 2.23. The van der Waals surface area contributed by atoms with E-state index in [1.807, 2.05) is 0 Å². The van der Waals surface area contributed by atoms with E-state index in [4.69, 9.17) is 0 Å². The number of nitrogens with zero attached hydrogens (tertiary/aromatic N) is 3. The van der Waals surface area contributed by atoms with Gasteiger partial charge in [-0.3, -0.25) is 14.5 Å². The Hall–Kier alpha value is -1.69. The zero-order chi connectivity index (χ0) is 16.2. The zero-order valence-electron chi connectivity index (χ0n) is 13.9. The van der Waals surface area contributed by atoms with Crippen LogP contribution < -0.4 is 10.9 Å². The van der Waals surface area contributed by atoms with E-state index < -0.39 is 0 Å². The quantitative estimate of drug-likeness (QED) is 0.869. The Bertz CT molecular complexity index is 626. The SMILES string of the molecule is CCN1CCCC1CNC(=O)Cn1nc2c(cc1=O)CCCC2. The van der Waals surface area contributed by atoms with E-state index >= 15 is 0 Å². The molecule has 0 radical (unpaired) electrons. The molecule has 6 heteroatoms. The lowest BCUT2D eigenvalue weighted by Gasteiger charge is -2.23. The summed E-state index contributed by atoms with van der Waals surface area (Å²) >= 11 is 0. The number of carbonyl (C=O) groups excluding carboxylic acids is 1. The minimum atomic E-state index is -0.170. The van der Waals surface area contributed by atoms with Crippen molar-refractivity contribution in [1.29, 1.82) is 0 Å². The van der Waals surface area contributed by atoms with Crippen molar-refractivity contribution in [3.63, 3.8) is 0 Å². The van der Waals surface area contributed by atoms with Gasteiger partial charge in [0.15, 0.2) is 0 Å². The highest BCUT2D eigenvalue weighted by molar-refractivity contribution is 5.75. The van der Waals surface area contributed by atoms with Gasteiger partial charge in [0.05, 0.1) is 5.69 Å². The lowest BCUT2D eigenvalue weighted by molar-refractivity contribution is -0.122. The molecule has 126 valence electrons. The molecule has 1 aromatic rings. The van der Waals surface area contributed by atoms with Gasteiger partial charge in [-0.2, -0.15) is 5.10 Å². The maximum absolute atomic E-state index is 12.2. The van der Waals surface area contributed by atoms with Gasteiger partial charge >= 0.3 is 0 Å². The maximum atomic E-state index is 12.2. The largest absolute Gasteiger partial charge is 0.353 e. The molecule has 1 amide bonds. The second-order valence-corrected chi connectivity index (χ2v) is 6.55. The number of carbonyl (C=O) groups is 1. The van der Waals surface area contributed by atoms with Crippen LogP contribution in [0, 0.1) is 0 Å². The molecule has 0 spiro atoms. The number of nitrogens with one attached hydrogen (secondary N) is 1. The molecular formula is C17H26N4O2. The second kappa shape index (κ2) is 7.25. The Kier molecular flexibility index (Phi) is 5.10. The third-order valence-corrected chi connectivity index (χ3v) is 5.01. The summed E-state index contributed by atoms with van der Waals surface area (Å²) in [5.74, 6) is -0.127. The Labute approximate surface area is 136 Å². The summed E-state index contributed by atoms with van der Waals surface area (Å²) < 4.78 is 1.31. The number of aromatic nitrogens is 2. The normalized spacial score (nSPS) is 21.2. The van der Waals surface area contributed by atoms with Gasteiger partial charge in [0.25, 0.3) is 5.56 Å². The Morgan fingerprint density at radius 2 is 2.17 bits per heavy atom. The van der Waals surface area contributed by atoms with Crippen molar-refractivity contribution in [2.75, 3.05) is 19.6 Å². The van der Waals surface area contributed by atoms with E-state index in [2.05, 4.69) is 22.2 Å². The van der Waals surface area contributed by atoms with Gasteiger partial charge in [-0.25, -0.2) is 4.68 Å². The first-order valence-corrected chi connectivity index (χ1v) is 8.78. The maximum Gasteiger partial charge on any atom is 0.267 e. The lowest BCUT2D eigenvalue weighted by Crippen LogP contribution is -2.42. The number of aryl methyl sites for hydroxylation is 2.